The first kappa shape index (κ1) is 16.4. The molecule has 0 spiro atoms. The van der Waals surface area contributed by atoms with Crippen LogP contribution < -0.4 is 14.2 Å². The molecule has 1 aliphatic heterocycles. The lowest BCUT2D eigenvalue weighted by atomic mass is 10.0. The molecule has 1 unspecified atom stereocenters. The zero-order valence-electron chi connectivity index (χ0n) is 12.1. The molecule has 5 nitrogen and oxygen atoms in total. The highest BCUT2D eigenvalue weighted by molar-refractivity contribution is 7.89. The molecule has 1 aliphatic rings. The van der Waals surface area contributed by atoms with Crippen LogP contribution in [0.3, 0.4) is 0 Å². The molecular formula is C14H20ClNO4S. The van der Waals surface area contributed by atoms with Crippen LogP contribution in [0.2, 0.25) is 0 Å². The molecule has 0 radical (unpaired) electrons. The van der Waals surface area contributed by atoms with Crippen LogP contribution in [-0.4, -0.2) is 33.6 Å². The van der Waals surface area contributed by atoms with E-state index < -0.39 is 10.0 Å². The highest BCUT2D eigenvalue weighted by Gasteiger charge is 2.24. The second-order valence-electron chi connectivity index (χ2n) is 5.25. The number of sulfonamides is 1. The van der Waals surface area contributed by atoms with Crippen LogP contribution in [0.5, 0.6) is 11.5 Å². The van der Waals surface area contributed by atoms with Gasteiger partial charge < -0.3 is 9.47 Å². The molecule has 1 aromatic rings. The van der Waals surface area contributed by atoms with Gasteiger partial charge in [0.15, 0.2) is 11.5 Å². The molecule has 118 valence electrons. The Morgan fingerprint density at radius 1 is 1.24 bits per heavy atom. The van der Waals surface area contributed by atoms with Crippen molar-refractivity contribution in [3.63, 3.8) is 0 Å². The summed E-state index contributed by atoms with van der Waals surface area (Å²) in [7, 11) is -3.60. The molecule has 1 N–H and O–H groups in total. The Morgan fingerprint density at radius 3 is 2.52 bits per heavy atom. The fraction of sp³-hybridized carbons (Fsp3) is 0.571. The number of alkyl halides is 1. The Balaban J connectivity index is 2.22. The molecule has 0 aliphatic carbocycles. The summed E-state index contributed by atoms with van der Waals surface area (Å²) in [6.07, 6.45) is 0.586. The zero-order chi connectivity index (χ0) is 15.5. The summed E-state index contributed by atoms with van der Waals surface area (Å²) in [5.74, 6) is 1.60. The maximum atomic E-state index is 12.5. The molecular weight excluding hydrogens is 314 g/mol. The van der Waals surface area contributed by atoms with Gasteiger partial charge in [-0.1, -0.05) is 13.8 Å². The van der Waals surface area contributed by atoms with E-state index in [9.17, 15) is 8.42 Å². The summed E-state index contributed by atoms with van der Waals surface area (Å²) >= 11 is 5.74. The zero-order valence-corrected chi connectivity index (χ0v) is 13.7. The lowest BCUT2D eigenvalue weighted by molar-refractivity contribution is 0.171. The second-order valence-corrected chi connectivity index (χ2v) is 7.35. The van der Waals surface area contributed by atoms with Crippen molar-refractivity contribution in [1.29, 1.82) is 0 Å². The van der Waals surface area contributed by atoms with Crippen molar-refractivity contribution in [3.8, 4) is 11.5 Å². The van der Waals surface area contributed by atoms with Gasteiger partial charge in [-0.25, -0.2) is 13.1 Å². The van der Waals surface area contributed by atoms with Gasteiger partial charge in [0.25, 0.3) is 0 Å². The number of benzene rings is 1. The van der Waals surface area contributed by atoms with E-state index in [0.29, 0.717) is 37.0 Å². The summed E-state index contributed by atoms with van der Waals surface area (Å²) in [4.78, 5) is 0.173. The largest absolute Gasteiger partial charge is 0.486 e. The third-order valence-corrected chi connectivity index (χ3v) is 5.06. The molecule has 1 heterocycles. The Morgan fingerprint density at radius 2 is 1.90 bits per heavy atom. The Bertz CT molecular complexity index is 589. The van der Waals surface area contributed by atoms with E-state index in [1.54, 1.807) is 6.07 Å². The first-order valence-electron chi connectivity index (χ1n) is 6.92. The number of hydrogen-bond acceptors (Lipinski definition) is 4. The predicted octanol–water partition coefficient (Wildman–Crippen LogP) is 2.39. The minimum Gasteiger partial charge on any atom is -0.486 e. The van der Waals surface area contributed by atoms with Crippen molar-refractivity contribution in [1.82, 2.24) is 4.72 Å². The minimum absolute atomic E-state index is 0.163. The van der Waals surface area contributed by atoms with Crippen molar-refractivity contribution in [2.24, 2.45) is 5.92 Å². The lowest BCUT2D eigenvalue weighted by Crippen LogP contribution is -2.38. The molecule has 0 saturated carbocycles. The highest BCUT2D eigenvalue weighted by Crippen LogP contribution is 2.32. The predicted molar refractivity (Wildman–Crippen MR) is 81.7 cm³/mol. The van der Waals surface area contributed by atoms with Crippen molar-refractivity contribution in [2.75, 3.05) is 19.1 Å². The van der Waals surface area contributed by atoms with E-state index >= 15 is 0 Å². The minimum atomic E-state index is -3.60. The van der Waals surface area contributed by atoms with Crippen LogP contribution in [0, 0.1) is 5.92 Å². The van der Waals surface area contributed by atoms with Crippen molar-refractivity contribution >= 4 is 21.6 Å². The maximum absolute atomic E-state index is 12.5. The Labute approximate surface area is 130 Å². The van der Waals surface area contributed by atoms with Gasteiger partial charge in [-0.15, -0.1) is 11.6 Å². The average molecular weight is 334 g/mol. The van der Waals surface area contributed by atoms with Crippen molar-refractivity contribution in [2.45, 2.75) is 31.2 Å². The monoisotopic (exact) mass is 333 g/mol. The topological polar surface area (TPSA) is 64.6 Å². The van der Waals surface area contributed by atoms with Crippen molar-refractivity contribution < 1.29 is 17.9 Å². The van der Waals surface area contributed by atoms with Crippen LogP contribution in [0.25, 0.3) is 0 Å². The van der Waals surface area contributed by atoms with Crippen LogP contribution in [0.1, 0.15) is 20.3 Å². The van der Waals surface area contributed by atoms with E-state index in [-0.39, 0.29) is 16.9 Å². The summed E-state index contributed by atoms with van der Waals surface area (Å²) in [5.41, 5.74) is 0. The molecule has 21 heavy (non-hydrogen) atoms. The SMILES string of the molecule is CC(C)C(CCCl)NS(=O)(=O)c1ccc2c(c1)OCCO2. The molecule has 7 heteroatoms. The summed E-state index contributed by atoms with van der Waals surface area (Å²) in [5, 5.41) is 0. The Hall–Kier alpha value is -0.980. The van der Waals surface area contributed by atoms with Crippen LogP contribution in [-0.2, 0) is 10.0 Å². The molecule has 0 aromatic heterocycles. The van der Waals surface area contributed by atoms with Gasteiger partial charge in [-0.2, -0.15) is 0 Å². The number of ether oxygens (including phenoxy) is 2. The normalized spacial score (nSPS) is 16.0. The fourth-order valence-corrected chi connectivity index (χ4v) is 3.77. The van der Waals surface area contributed by atoms with Gasteiger partial charge in [-0.05, 0) is 24.5 Å². The highest BCUT2D eigenvalue weighted by atomic mass is 35.5. The van der Waals surface area contributed by atoms with E-state index in [1.807, 2.05) is 13.8 Å². The molecule has 2 rings (SSSR count). The van der Waals surface area contributed by atoms with Crippen LogP contribution in [0.4, 0.5) is 0 Å². The maximum Gasteiger partial charge on any atom is 0.240 e. The van der Waals surface area contributed by atoms with E-state index in [2.05, 4.69) is 4.72 Å². The van der Waals surface area contributed by atoms with E-state index in [0.717, 1.165) is 0 Å². The first-order chi connectivity index (χ1) is 9.94. The first-order valence-corrected chi connectivity index (χ1v) is 8.94. The second kappa shape index (κ2) is 6.85. The average Bonchev–Trinajstić information content (AvgIpc) is 2.46. The quantitative estimate of drug-likeness (QED) is 0.812. The van der Waals surface area contributed by atoms with Crippen LogP contribution in [0.15, 0.2) is 23.1 Å². The molecule has 0 fully saturated rings. The molecule has 1 aromatic carbocycles. The standard InChI is InChI=1S/C14H20ClNO4S/c1-10(2)12(5-6-15)16-21(17,18)11-3-4-13-14(9-11)20-8-7-19-13/h3-4,9-10,12,16H,5-8H2,1-2H3. The number of nitrogens with one attached hydrogen (secondary N) is 1. The molecule has 1 atom stereocenters. The van der Waals surface area contributed by atoms with Gasteiger partial charge in [0.2, 0.25) is 10.0 Å². The molecule has 0 saturated heterocycles. The molecule has 0 amide bonds. The summed E-state index contributed by atoms with van der Waals surface area (Å²) in [6, 6.07) is 4.44. The summed E-state index contributed by atoms with van der Waals surface area (Å²) < 4.78 is 38.4. The van der Waals surface area contributed by atoms with Gasteiger partial charge in [0, 0.05) is 18.0 Å². The van der Waals surface area contributed by atoms with E-state index in [4.69, 9.17) is 21.1 Å². The third kappa shape index (κ3) is 4.02. The number of hydrogen-bond donors (Lipinski definition) is 1. The number of halogens is 1. The lowest BCUT2D eigenvalue weighted by Gasteiger charge is -2.22. The Kier molecular flexibility index (Phi) is 5.35. The number of fused-ring (bicyclic) bond motifs is 1. The van der Waals surface area contributed by atoms with Crippen LogP contribution >= 0.6 is 11.6 Å². The third-order valence-electron chi connectivity index (χ3n) is 3.36. The van der Waals surface area contributed by atoms with Gasteiger partial charge in [0.1, 0.15) is 13.2 Å². The van der Waals surface area contributed by atoms with Gasteiger partial charge in [0.05, 0.1) is 4.90 Å². The fourth-order valence-electron chi connectivity index (χ4n) is 2.10. The number of rotatable bonds is 6. The summed E-state index contributed by atoms with van der Waals surface area (Å²) in [6.45, 7) is 4.82. The van der Waals surface area contributed by atoms with Crippen molar-refractivity contribution in [3.05, 3.63) is 18.2 Å². The molecule has 0 bridgehead atoms. The van der Waals surface area contributed by atoms with Gasteiger partial charge in [-0.3, -0.25) is 0 Å². The van der Waals surface area contributed by atoms with E-state index in [1.165, 1.54) is 12.1 Å². The smallest absolute Gasteiger partial charge is 0.240 e. The van der Waals surface area contributed by atoms with Gasteiger partial charge >= 0.3 is 0 Å².